The Kier molecular flexibility index (Phi) is 3.64. The maximum absolute atomic E-state index is 10.5. The minimum atomic E-state index is -0.827. The maximum atomic E-state index is 10.5. The zero-order valence-electron chi connectivity index (χ0n) is 8.36. The van der Waals surface area contributed by atoms with Gasteiger partial charge in [-0.15, -0.1) is 0 Å². The molecule has 0 aliphatic heterocycles. The third kappa shape index (κ3) is 3.18. The molecule has 0 aliphatic carbocycles. The molecule has 1 aromatic rings. The number of nitrogens with zero attached hydrogens (tertiary/aromatic N) is 2. The Hall–Kier alpha value is -1.36. The first kappa shape index (κ1) is 10.7. The van der Waals surface area contributed by atoms with Crippen molar-refractivity contribution in [3.63, 3.8) is 0 Å². The van der Waals surface area contributed by atoms with Crippen LogP contribution in [0.5, 0.6) is 0 Å². The summed E-state index contributed by atoms with van der Waals surface area (Å²) in [7, 11) is 0. The average molecular weight is 198 g/mol. The van der Waals surface area contributed by atoms with E-state index >= 15 is 0 Å². The number of hydrogen-bond donors (Lipinski definition) is 1. The maximum Gasteiger partial charge on any atom is 0.317 e. The molecule has 0 aromatic carbocycles. The largest absolute Gasteiger partial charge is 0.480 e. The average Bonchev–Trinajstić information content (AvgIpc) is 2.49. The fourth-order valence-corrected chi connectivity index (χ4v) is 1.19. The van der Waals surface area contributed by atoms with Crippen molar-refractivity contribution in [1.29, 1.82) is 0 Å². The van der Waals surface area contributed by atoms with Gasteiger partial charge in [-0.3, -0.25) is 9.69 Å². The molecule has 1 aromatic heterocycles. The van der Waals surface area contributed by atoms with E-state index in [1.165, 1.54) is 0 Å². The van der Waals surface area contributed by atoms with Gasteiger partial charge in [0.15, 0.2) is 0 Å². The minimum Gasteiger partial charge on any atom is -0.480 e. The Morgan fingerprint density at radius 1 is 1.71 bits per heavy atom. The van der Waals surface area contributed by atoms with E-state index in [4.69, 9.17) is 9.63 Å². The molecule has 0 unspecified atom stereocenters. The molecule has 0 atom stereocenters. The summed E-state index contributed by atoms with van der Waals surface area (Å²) in [6, 6.07) is 1.81. The van der Waals surface area contributed by atoms with E-state index in [1.807, 2.05) is 19.9 Å². The minimum absolute atomic E-state index is 0.0302. The normalized spacial score (nSPS) is 10.8. The molecule has 0 radical (unpaired) electrons. The standard InChI is InChI=1S/C9H14N2O3/c1-3-11(6-9(12)13)5-8-4-7(2)14-10-8/h4H,3,5-6H2,1-2H3,(H,12,13). The summed E-state index contributed by atoms with van der Waals surface area (Å²) < 4.78 is 4.89. The number of aliphatic carboxylic acids is 1. The van der Waals surface area contributed by atoms with E-state index in [0.717, 1.165) is 11.5 Å². The SMILES string of the molecule is CCN(CC(=O)O)Cc1cc(C)on1. The van der Waals surface area contributed by atoms with Gasteiger partial charge in [0, 0.05) is 12.6 Å². The summed E-state index contributed by atoms with van der Waals surface area (Å²) in [4.78, 5) is 12.3. The highest BCUT2D eigenvalue weighted by molar-refractivity contribution is 5.69. The van der Waals surface area contributed by atoms with Crippen LogP contribution in [0.15, 0.2) is 10.6 Å². The van der Waals surface area contributed by atoms with Gasteiger partial charge in [0.05, 0.1) is 12.2 Å². The second-order valence-corrected chi connectivity index (χ2v) is 3.13. The van der Waals surface area contributed by atoms with E-state index in [0.29, 0.717) is 13.1 Å². The van der Waals surface area contributed by atoms with E-state index in [2.05, 4.69) is 5.16 Å². The molecule has 5 nitrogen and oxygen atoms in total. The van der Waals surface area contributed by atoms with Crippen molar-refractivity contribution in [3.8, 4) is 0 Å². The third-order valence-corrected chi connectivity index (χ3v) is 1.87. The number of rotatable bonds is 5. The first-order valence-electron chi connectivity index (χ1n) is 4.48. The zero-order valence-corrected chi connectivity index (χ0v) is 8.36. The summed E-state index contributed by atoms with van der Waals surface area (Å²) in [5.74, 6) is -0.0848. The van der Waals surface area contributed by atoms with Crippen LogP contribution in [0.4, 0.5) is 0 Å². The van der Waals surface area contributed by atoms with Gasteiger partial charge < -0.3 is 9.63 Å². The van der Waals surface area contributed by atoms with Crippen molar-refractivity contribution >= 4 is 5.97 Å². The third-order valence-electron chi connectivity index (χ3n) is 1.87. The fourth-order valence-electron chi connectivity index (χ4n) is 1.19. The quantitative estimate of drug-likeness (QED) is 0.761. The second-order valence-electron chi connectivity index (χ2n) is 3.13. The highest BCUT2D eigenvalue weighted by Gasteiger charge is 2.10. The lowest BCUT2D eigenvalue weighted by Gasteiger charge is -2.15. The number of likely N-dealkylation sites (N-methyl/N-ethyl adjacent to an activating group) is 1. The van der Waals surface area contributed by atoms with E-state index in [1.54, 1.807) is 4.90 Å². The summed E-state index contributed by atoms with van der Waals surface area (Å²) in [5.41, 5.74) is 0.769. The van der Waals surface area contributed by atoms with Gasteiger partial charge in [-0.05, 0) is 13.5 Å². The number of aryl methyl sites for hydroxylation is 1. The van der Waals surface area contributed by atoms with Crippen molar-refractivity contribution in [1.82, 2.24) is 10.1 Å². The van der Waals surface area contributed by atoms with Crippen molar-refractivity contribution in [2.45, 2.75) is 20.4 Å². The van der Waals surface area contributed by atoms with E-state index in [9.17, 15) is 4.79 Å². The van der Waals surface area contributed by atoms with Crippen LogP contribution in [0.2, 0.25) is 0 Å². The summed E-state index contributed by atoms with van der Waals surface area (Å²) in [5, 5.41) is 12.4. The molecule has 0 fully saturated rings. The number of hydrogen-bond acceptors (Lipinski definition) is 4. The molecule has 1 heterocycles. The second kappa shape index (κ2) is 4.76. The summed E-state index contributed by atoms with van der Waals surface area (Å²) >= 11 is 0. The molecule has 5 heteroatoms. The highest BCUT2D eigenvalue weighted by Crippen LogP contribution is 2.05. The van der Waals surface area contributed by atoms with Crippen LogP contribution in [0.1, 0.15) is 18.4 Å². The van der Waals surface area contributed by atoms with Crippen molar-refractivity contribution in [3.05, 3.63) is 17.5 Å². The zero-order chi connectivity index (χ0) is 10.6. The summed E-state index contributed by atoms with van der Waals surface area (Å²) in [6.45, 7) is 4.95. The van der Waals surface area contributed by atoms with Crippen molar-refractivity contribution in [2.75, 3.05) is 13.1 Å². The van der Waals surface area contributed by atoms with E-state index in [-0.39, 0.29) is 6.54 Å². The van der Waals surface area contributed by atoms with Crippen LogP contribution in [0, 0.1) is 6.92 Å². The smallest absolute Gasteiger partial charge is 0.317 e. The van der Waals surface area contributed by atoms with Gasteiger partial charge in [-0.1, -0.05) is 12.1 Å². The molecule has 0 bridgehead atoms. The molecule has 0 spiro atoms. The Bertz CT molecular complexity index is 309. The number of carbonyl (C=O) groups is 1. The van der Waals surface area contributed by atoms with Crippen LogP contribution in [-0.2, 0) is 11.3 Å². The Morgan fingerprint density at radius 3 is 2.86 bits per heavy atom. The van der Waals surface area contributed by atoms with Gasteiger partial charge in [-0.25, -0.2) is 0 Å². The number of carboxylic acid groups (broad SMARTS) is 1. The van der Waals surface area contributed by atoms with Crippen LogP contribution >= 0.6 is 0 Å². The predicted molar refractivity (Wildman–Crippen MR) is 49.8 cm³/mol. The highest BCUT2D eigenvalue weighted by atomic mass is 16.5. The molecule has 1 rings (SSSR count). The molecule has 0 amide bonds. The first-order chi connectivity index (χ1) is 6.61. The number of aromatic nitrogens is 1. The van der Waals surface area contributed by atoms with E-state index < -0.39 is 5.97 Å². The van der Waals surface area contributed by atoms with Gasteiger partial charge in [0.1, 0.15) is 5.76 Å². The molecular weight excluding hydrogens is 184 g/mol. The molecule has 78 valence electrons. The van der Waals surface area contributed by atoms with Gasteiger partial charge >= 0.3 is 5.97 Å². The van der Waals surface area contributed by atoms with Crippen LogP contribution in [0.25, 0.3) is 0 Å². The fraction of sp³-hybridized carbons (Fsp3) is 0.556. The Morgan fingerprint density at radius 2 is 2.43 bits per heavy atom. The Balaban J connectivity index is 2.52. The lowest BCUT2D eigenvalue weighted by atomic mass is 10.3. The molecular formula is C9H14N2O3. The first-order valence-corrected chi connectivity index (χ1v) is 4.48. The topological polar surface area (TPSA) is 66.6 Å². The van der Waals surface area contributed by atoms with Crippen LogP contribution in [0.3, 0.4) is 0 Å². The summed E-state index contributed by atoms with van der Waals surface area (Å²) in [6.07, 6.45) is 0. The Labute approximate surface area is 82.3 Å². The lowest BCUT2D eigenvalue weighted by molar-refractivity contribution is -0.138. The molecule has 0 saturated heterocycles. The van der Waals surface area contributed by atoms with Crippen molar-refractivity contribution in [2.24, 2.45) is 0 Å². The molecule has 14 heavy (non-hydrogen) atoms. The van der Waals surface area contributed by atoms with Crippen molar-refractivity contribution < 1.29 is 14.4 Å². The molecule has 0 aliphatic rings. The van der Waals surface area contributed by atoms with Crippen LogP contribution in [-0.4, -0.2) is 34.2 Å². The van der Waals surface area contributed by atoms with Crippen LogP contribution < -0.4 is 0 Å². The van der Waals surface area contributed by atoms with Gasteiger partial charge in [0.25, 0.3) is 0 Å². The predicted octanol–water partition coefficient (Wildman–Crippen LogP) is 0.890. The van der Waals surface area contributed by atoms with Gasteiger partial charge in [-0.2, -0.15) is 0 Å². The molecule has 1 N–H and O–H groups in total. The lowest BCUT2D eigenvalue weighted by Crippen LogP contribution is -2.29. The molecule has 0 saturated carbocycles. The van der Waals surface area contributed by atoms with Gasteiger partial charge in [0.2, 0.25) is 0 Å². The number of carboxylic acids is 1. The monoisotopic (exact) mass is 198 g/mol.